The predicted molar refractivity (Wildman–Crippen MR) is 79.5 cm³/mol. The van der Waals surface area contributed by atoms with Crippen molar-refractivity contribution in [3.63, 3.8) is 0 Å². The maximum Gasteiger partial charge on any atom is 0.261 e. The maximum atomic E-state index is 12.0. The highest BCUT2D eigenvalue weighted by Gasteiger charge is 2.32. The molecule has 1 aliphatic rings. The number of aromatic nitrogens is 1. The molecular formula is C15H14N4O2. The number of carbonyl (C=O) groups excluding carboxylic acids is 2. The van der Waals surface area contributed by atoms with E-state index in [4.69, 9.17) is 5.73 Å². The number of amides is 2. The summed E-state index contributed by atoms with van der Waals surface area (Å²) in [5.74, 6) is 0.0956. The van der Waals surface area contributed by atoms with Crippen LogP contribution in [0.5, 0.6) is 0 Å². The summed E-state index contributed by atoms with van der Waals surface area (Å²) in [7, 11) is 1.48. The summed E-state index contributed by atoms with van der Waals surface area (Å²) in [6.45, 7) is 1.89. The fraction of sp³-hybridized carbons (Fsp3) is 0.133. The molecule has 0 saturated carbocycles. The molecule has 21 heavy (non-hydrogen) atoms. The monoisotopic (exact) mass is 282 g/mol. The lowest BCUT2D eigenvalue weighted by molar-refractivity contribution is 0.0693. The second kappa shape index (κ2) is 4.59. The van der Waals surface area contributed by atoms with Crippen LogP contribution >= 0.6 is 0 Å². The second-order valence-electron chi connectivity index (χ2n) is 4.99. The lowest BCUT2D eigenvalue weighted by atomic mass is 10.1. The fourth-order valence-corrected chi connectivity index (χ4v) is 2.30. The largest absolute Gasteiger partial charge is 0.397 e. The van der Waals surface area contributed by atoms with E-state index in [2.05, 4.69) is 10.3 Å². The third-order valence-electron chi connectivity index (χ3n) is 3.45. The lowest BCUT2D eigenvalue weighted by Crippen LogP contribution is -2.24. The normalized spacial score (nSPS) is 13.5. The molecule has 0 unspecified atom stereocenters. The summed E-state index contributed by atoms with van der Waals surface area (Å²) in [5.41, 5.74) is 8.68. The van der Waals surface area contributed by atoms with Crippen LogP contribution in [0.1, 0.15) is 26.3 Å². The Hall–Kier alpha value is -2.89. The van der Waals surface area contributed by atoms with Crippen LogP contribution in [0.15, 0.2) is 30.5 Å². The van der Waals surface area contributed by atoms with Crippen LogP contribution in [0.25, 0.3) is 0 Å². The Bertz CT molecular complexity index is 770. The molecule has 2 heterocycles. The molecule has 1 aliphatic heterocycles. The highest BCUT2D eigenvalue weighted by Crippen LogP contribution is 2.27. The van der Waals surface area contributed by atoms with Gasteiger partial charge in [-0.05, 0) is 36.8 Å². The van der Waals surface area contributed by atoms with Crippen LogP contribution in [0.4, 0.5) is 17.2 Å². The van der Waals surface area contributed by atoms with E-state index in [1.54, 1.807) is 24.4 Å². The molecule has 3 N–H and O–H groups in total. The number of hydrogen-bond acceptors (Lipinski definition) is 5. The first kappa shape index (κ1) is 13.1. The van der Waals surface area contributed by atoms with E-state index < -0.39 is 0 Å². The van der Waals surface area contributed by atoms with Gasteiger partial charge in [0, 0.05) is 12.7 Å². The molecule has 0 aliphatic carbocycles. The molecule has 6 heteroatoms. The minimum atomic E-state index is -0.291. The Morgan fingerprint density at radius 2 is 1.86 bits per heavy atom. The lowest BCUT2D eigenvalue weighted by Gasteiger charge is -2.09. The van der Waals surface area contributed by atoms with Gasteiger partial charge in [-0.15, -0.1) is 0 Å². The molecule has 1 aromatic heterocycles. The molecule has 3 rings (SSSR count). The quantitative estimate of drug-likeness (QED) is 0.822. The number of nitrogens with zero attached hydrogens (tertiary/aromatic N) is 2. The summed E-state index contributed by atoms with van der Waals surface area (Å²) >= 11 is 0. The second-order valence-corrected chi connectivity index (χ2v) is 4.99. The first-order valence-electron chi connectivity index (χ1n) is 6.43. The highest BCUT2D eigenvalue weighted by molar-refractivity contribution is 6.21. The van der Waals surface area contributed by atoms with E-state index in [9.17, 15) is 9.59 Å². The number of nitrogens with one attached hydrogen (secondary N) is 1. The Kier molecular flexibility index (Phi) is 2.86. The third kappa shape index (κ3) is 2.10. The average molecular weight is 282 g/mol. The van der Waals surface area contributed by atoms with Crippen LogP contribution in [0, 0.1) is 6.92 Å². The van der Waals surface area contributed by atoms with Crippen molar-refractivity contribution in [3.8, 4) is 0 Å². The smallest absolute Gasteiger partial charge is 0.261 e. The van der Waals surface area contributed by atoms with Crippen molar-refractivity contribution in [2.45, 2.75) is 6.92 Å². The van der Waals surface area contributed by atoms with Gasteiger partial charge in [-0.2, -0.15) is 0 Å². The first-order valence-corrected chi connectivity index (χ1v) is 6.43. The Labute approximate surface area is 121 Å². The summed E-state index contributed by atoms with van der Waals surface area (Å²) in [5, 5.41) is 3.13. The minimum Gasteiger partial charge on any atom is -0.397 e. The topological polar surface area (TPSA) is 88.3 Å². The van der Waals surface area contributed by atoms with Crippen LogP contribution in [0.3, 0.4) is 0 Å². The van der Waals surface area contributed by atoms with Crippen molar-refractivity contribution in [1.29, 1.82) is 0 Å². The van der Waals surface area contributed by atoms with Gasteiger partial charge in [0.15, 0.2) is 0 Å². The molecule has 0 bridgehead atoms. The summed E-state index contributed by atoms with van der Waals surface area (Å²) in [4.78, 5) is 29.1. The van der Waals surface area contributed by atoms with Gasteiger partial charge in [0.25, 0.3) is 11.8 Å². The van der Waals surface area contributed by atoms with Gasteiger partial charge in [0.1, 0.15) is 5.82 Å². The molecule has 0 fully saturated rings. The van der Waals surface area contributed by atoms with Crippen molar-refractivity contribution in [3.05, 3.63) is 47.2 Å². The molecule has 0 saturated heterocycles. The first-order chi connectivity index (χ1) is 9.97. The zero-order valence-electron chi connectivity index (χ0n) is 11.7. The molecule has 6 nitrogen and oxygen atoms in total. The molecule has 0 atom stereocenters. The van der Waals surface area contributed by atoms with E-state index >= 15 is 0 Å². The number of imide groups is 1. The van der Waals surface area contributed by atoms with E-state index in [1.807, 2.05) is 13.0 Å². The van der Waals surface area contributed by atoms with Crippen molar-refractivity contribution in [2.75, 3.05) is 18.1 Å². The number of aryl methyl sites for hydroxylation is 1. The number of rotatable bonds is 2. The number of fused-ring (bicyclic) bond motifs is 1. The molecule has 1 aromatic carbocycles. The van der Waals surface area contributed by atoms with Crippen LogP contribution in [-0.4, -0.2) is 28.7 Å². The number of anilines is 3. The predicted octanol–water partition coefficient (Wildman–Crippen LogP) is 1.94. The van der Waals surface area contributed by atoms with Crippen molar-refractivity contribution >= 4 is 29.0 Å². The summed E-state index contributed by atoms with van der Waals surface area (Å²) in [6.07, 6.45) is 1.56. The number of nitrogens with two attached hydrogens (primary N) is 1. The van der Waals surface area contributed by atoms with Gasteiger partial charge in [0.05, 0.1) is 23.0 Å². The van der Waals surface area contributed by atoms with E-state index in [-0.39, 0.29) is 11.8 Å². The minimum absolute atomic E-state index is 0.275. The van der Waals surface area contributed by atoms with Gasteiger partial charge >= 0.3 is 0 Å². The maximum absolute atomic E-state index is 12.0. The number of benzene rings is 1. The number of carbonyl (C=O) groups is 2. The summed E-state index contributed by atoms with van der Waals surface area (Å²) < 4.78 is 0. The van der Waals surface area contributed by atoms with Crippen LogP contribution in [-0.2, 0) is 0 Å². The van der Waals surface area contributed by atoms with E-state index in [0.29, 0.717) is 28.3 Å². The number of nitrogen functional groups attached to an aromatic ring is 1. The standard InChI is InChI=1S/C15H14N4O2/c1-8-5-9(16)7-17-13(8)18-10-3-4-11-12(6-10)15(21)19(2)14(11)20/h3-7H,16H2,1-2H3,(H,17,18). The van der Waals surface area contributed by atoms with Gasteiger partial charge < -0.3 is 11.1 Å². The number of hydrogen-bond donors (Lipinski definition) is 2. The molecular weight excluding hydrogens is 268 g/mol. The Balaban J connectivity index is 1.95. The van der Waals surface area contributed by atoms with Crippen molar-refractivity contribution < 1.29 is 9.59 Å². The van der Waals surface area contributed by atoms with Gasteiger partial charge in [-0.1, -0.05) is 0 Å². The van der Waals surface area contributed by atoms with Gasteiger partial charge in [-0.3, -0.25) is 14.5 Å². The fourth-order valence-electron chi connectivity index (χ4n) is 2.30. The zero-order chi connectivity index (χ0) is 15.1. The molecule has 2 aromatic rings. The third-order valence-corrected chi connectivity index (χ3v) is 3.45. The number of pyridine rings is 1. The van der Waals surface area contributed by atoms with E-state index in [1.165, 1.54) is 7.05 Å². The summed E-state index contributed by atoms with van der Waals surface area (Å²) in [6, 6.07) is 6.87. The van der Waals surface area contributed by atoms with Crippen molar-refractivity contribution in [1.82, 2.24) is 9.88 Å². The Morgan fingerprint density at radius 3 is 2.57 bits per heavy atom. The van der Waals surface area contributed by atoms with Crippen LogP contribution < -0.4 is 11.1 Å². The molecule has 0 radical (unpaired) electrons. The molecule has 0 spiro atoms. The highest BCUT2D eigenvalue weighted by atomic mass is 16.2. The van der Waals surface area contributed by atoms with Crippen molar-refractivity contribution in [2.24, 2.45) is 0 Å². The SMILES string of the molecule is Cc1cc(N)cnc1Nc1ccc2c(c1)C(=O)N(C)C2=O. The zero-order valence-corrected chi connectivity index (χ0v) is 11.7. The molecule has 2 amide bonds. The van der Waals surface area contributed by atoms with Gasteiger partial charge in [-0.25, -0.2) is 4.98 Å². The average Bonchev–Trinajstić information content (AvgIpc) is 2.67. The molecule has 106 valence electrons. The van der Waals surface area contributed by atoms with Crippen LogP contribution in [0.2, 0.25) is 0 Å². The van der Waals surface area contributed by atoms with E-state index in [0.717, 1.165) is 10.5 Å². The van der Waals surface area contributed by atoms with Gasteiger partial charge in [0.2, 0.25) is 0 Å². The Morgan fingerprint density at radius 1 is 1.14 bits per heavy atom.